The Kier molecular flexibility index (Phi) is 4.61. The van der Waals surface area contributed by atoms with E-state index in [-0.39, 0.29) is 18.9 Å². The van der Waals surface area contributed by atoms with E-state index in [2.05, 4.69) is 4.99 Å². The first-order valence-electron chi connectivity index (χ1n) is 3.58. The summed E-state index contributed by atoms with van der Waals surface area (Å²) >= 11 is 0. The summed E-state index contributed by atoms with van der Waals surface area (Å²) in [4.78, 5) is 13.9. The van der Waals surface area contributed by atoms with Crippen LogP contribution in [0.1, 0.15) is 13.3 Å². The molecule has 6 heteroatoms. The summed E-state index contributed by atoms with van der Waals surface area (Å²) < 4.78 is 35.0. The second-order valence-corrected chi connectivity index (χ2v) is 2.44. The van der Waals surface area contributed by atoms with Crippen LogP contribution in [0.3, 0.4) is 0 Å². The highest BCUT2D eigenvalue weighted by Crippen LogP contribution is 2.17. The Balaban J connectivity index is 4.07. The van der Waals surface area contributed by atoms with E-state index in [4.69, 9.17) is 5.11 Å². The highest BCUT2D eigenvalue weighted by Gasteiger charge is 2.37. The molecular weight excluding hydrogens is 187 g/mol. The van der Waals surface area contributed by atoms with Crippen molar-refractivity contribution >= 4 is 11.5 Å². The van der Waals surface area contributed by atoms with Gasteiger partial charge in [-0.05, 0) is 6.92 Å². The maximum absolute atomic E-state index is 11.7. The van der Waals surface area contributed by atoms with Crippen LogP contribution < -0.4 is 0 Å². The average molecular weight is 197 g/mol. The van der Waals surface area contributed by atoms with Crippen molar-refractivity contribution in [1.82, 2.24) is 0 Å². The molecule has 0 spiro atoms. The van der Waals surface area contributed by atoms with E-state index in [1.54, 1.807) is 0 Å². The van der Waals surface area contributed by atoms with E-state index in [1.165, 1.54) is 6.92 Å². The van der Waals surface area contributed by atoms with E-state index in [0.717, 1.165) is 0 Å². The number of aliphatic hydroxyl groups excluding tert-OH is 1. The number of nitrogens with zero attached hydrogens (tertiary/aromatic N) is 1. The molecule has 0 aromatic carbocycles. The quantitative estimate of drug-likeness (QED) is 0.682. The van der Waals surface area contributed by atoms with Crippen molar-refractivity contribution in [1.29, 1.82) is 0 Å². The fourth-order valence-corrected chi connectivity index (χ4v) is 0.629. The van der Waals surface area contributed by atoms with Crippen LogP contribution in [0.25, 0.3) is 0 Å². The summed E-state index contributed by atoms with van der Waals surface area (Å²) in [6.07, 6.45) is -5.53. The van der Waals surface area contributed by atoms with Gasteiger partial charge in [-0.15, -0.1) is 0 Å². The van der Waals surface area contributed by atoms with E-state index >= 15 is 0 Å². The second-order valence-electron chi connectivity index (χ2n) is 2.44. The molecule has 0 atom stereocenters. The lowest BCUT2D eigenvalue weighted by Crippen LogP contribution is -2.24. The minimum Gasteiger partial charge on any atom is -0.394 e. The van der Waals surface area contributed by atoms with Crippen LogP contribution in [0.5, 0.6) is 0 Å². The smallest absolute Gasteiger partial charge is 0.394 e. The molecule has 0 aliphatic heterocycles. The van der Waals surface area contributed by atoms with Crippen molar-refractivity contribution in [2.75, 3.05) is 13.2 Å². The number of hydrogen-bond donors (Lipinski definition) is 1. The lowest BCUT2D eigenvalue weighted by Gasteiger charge is -2.04. The molecule has 76 valence electrons. The highest BCUT2D eigenvalue weighted by atomic mass is 19.4. The van der Waals surface area contributed by atoms with Gasteiger partial charge in [0.15, 0.2) is 0 Å². The van der Waals surface area contributed by atoms with Crippen molar-refractivity contribution in [2.24, 2.45) is 4.99 Å². The number of alkyl halides is 3. The molecule has 13 heavy (non-hydrogen) atoms. The van der Waals surface area contributed by atoms with Gasteiger partial charge in [0.25, 0.3) is 0 Å². The number of carbonyl (C=O) groups is 1. The lowest BCUT2D eigenvalue weighted by molar-refractivity contribution is -0.169. The third kappa shape index (κ3) is 5.35. The fourth-order valence-electron chi connectivity index (χ4n) is 0.629. The molecule has 0 bridgehead atoms. The first kappa shape index (κ1) is 12.1. The fraction of sp³-hybridized carbons (Fsp3) is 0.714. The summed E-state index contributed by atoms with van der Waals surface area (Å²) in [5.41, 5.74) is 0.0800. The maximum atomic E-state index is 11.7. The van der Waals surface area contributed by atoms with Crippen molar-refractivity contribution in [3.63, 3.8) is 0 Å². The van der Waals surface area contributed by atoms with Crippen LogP contribution in [-0.4, -0.2) is 35.9 Å². The van der Waals surface area contributed by atoms with Gasteiger partial charge in [-0.1, -0.05) is 0 Å². The summed E-state index contributed by atoms with van der Waals surface area (Å²) in [5, 5.41) is 8.29. The van der Waals surface area contributed by atoms with Gasteiger partial charge in [-0.3, -0.25) is 9.79 Å². The zero-order valence-electron chi connectivity index (χ0n) is 7.06. The Labute approximate surface area is 73.3 Å². The number of halogens is 3. The van der Waals surface area contributed by atoms with Gasteiger partial charge in [0, 0.05) is 5.71 Å². The molecule has 0 amide bonds. The largest absolute Gasteiger partial charge is 0.450 e. The molecule has 0 heterocycles. The monoisotopic (exact) mass is 197 g/mol. The molecule has 0 saturated carbocycles. The van der Waals surface area contributed by atoms with E-state index < -0.39 is 18.4 Å². The summed E-state index contributed by atoms with van der Waals surface area (Å²) in [6.45, 7) is 1.10. The third-order valence-electron chi connectivity index (χ3n) is 1.21. The molecular formula is C7H10F3NO2. The van der Waals surface area contributed by atoms with Crippen molar-refractivity contribution in [3.05, 3.63) is 0 Å². The summed E-state index contributed by atoms with van der Waals surface area (Å²) in [6, 6.07) is 0. The zero-order chi connectivity index (χ0) is 10.5. The number of hydrogen-bond acceptors (Lipinski definition) is 3. The van der Waals surface area contributed by atoms with E-state index in [1.807, 2.05) is 0 Å². The molecule has 0 rings (SSSR count). The minimum atomic E-state index is -4.80. The number of carbonyl (C=O) groups excluding carboxylic acids is 1. The normalized spacial score (nSPS) is 13.2. The van der Waals surface area contributed by atoms with Crippen LogP contribution in [0.15, 0.2) is 4.99 Å². The Hall–Kier alpha value is -0.910. The predicted octanol–water partition coefficient (Wildman–Crippen LogP) is 0.961. The Morgan fingerprint density at radius 3 is 2.38 bits per heavy atom. The van der Waals surface area contributed by atoms with Gasteiger partial charge in [0.1, 0.15) is 0 Å². The second kappa shape index (κ2) is 4.96. The molecule has 1 N–H and O–H groups in total. The third-order valence-corrected chi connectivity index (χ3v) is 1.21. The lowest BCUT2D eigenvalue weighted by atomic mass is 10.2. The van der Waals surface area contributed by atoms with E-state index in [0.29, 0.717) is 0 Å². The van der Waals surface area contributed by atoms with Crippen molar-refractivity contribution < 1.29 is 23.1 Å². The standard InChI is InChI=1S/C7H10F3NO2/c1-5(11-2-3-12)4-6(13)7(8,9)10/h12H,2-4H2,1H3. The number of Topliss-reactive ketones (excluding diaryl/α,β-unsaturated/α-hetero) is 1. The number of aliphatic imine (C=N–C) groups is 1. The van der Waals surface area contributed by atoms with Crippen LogP contribution in [0, 0.1) is 0 Å². The SMILES string of the molecule is CC(CC(=O)C(F)(F)F)=NCCO. The zero-order valence-corrected chi connectivity index (χ0v) is 7.06. The molecule has 0 aromatic heterocycles. The van der Waals surface area contributed by atoms with Gasteiger partial charge in [-0.2, -0.15) is 13.2 Å². The molecule has 3 nitrogen and oxygen atoms in total. The molecule has 0 unspecified atom stereocenters. The topological polar surface area (TPSA) is 49.7 Å². The Morgan fingerprint density at radius 2 is 2.00 bits per heavy atom. The van der Waals surface area contributed by atoms with Crippen LogP contribution in [-0.2, 0) is 4.79 Å². The molecule has 0 fully saturated rings. The van der Waals surface area contributed by atoms with Crippen LogP contribution in [0.4, 0.5) is 13.2 Å². The first-order valence-corrected chi connectivity index (χ1v) is 3.58. The van der Waals surface area contributed by atoms with Gasteiger partial charge >= 0.3 is 6.18 Å². The van der Waals surface area contributed by atoms with Crippen molar-refractivity contribution in [2.45, 2.75) is 19.5 Å². The van der Waals surface area contributed by atoms with Gasteiger partial charge < -0.3 is 5.11 Å². The minimum absolute atomic E-state index is 0.0248. The Bertz CT molecular complexity index is 210. The molecule has 0 aliphatic carbocycles. The van der Waals surface area contributed by atoms with Gasteiger partial charge in [-0.25, -0.2) is 0 Å². The number of rotatable bonds is 4. The molecule has 0 saturated heterocycles. The summed E-state index contributed by atoms with van der Waals surface area (Å²) in [5.74, 6) is -1.81. The maximum Gasteiger partial charge on any atom is 0.450 e. The number of aliphatic hydroxyl groups is 1. The van der Waals surface area contributed by atoms with E-state index in [9.17, 15) is 18.0 Å². The predicted molar refractivity (Wildman–Crippen MR) is 40.7 cm³/mol. The summed E-state index contributed by atoms with van der Waals surface area (Å²) in [7, 11) is 0. The van der Waals surface area contributed by atoms with Crippen molar-refractivity contribution in [3.8, 4) is 0 Å². The molecule has 0 radical (unpaired) electrons. The molecule has 0 aromatic rings. The first-order chi connectivity index (χ1) is 5.88. The van der Waals surface area contributed by atoms with Crippen LogP contribution >= 0.6 is 0 Å². The van der Waals surface area contributed by atoms with Crippen LogP contribution in [0.2, 0.25) is 0 Å². The highest BCUT2D eigenvalue weighted by molar-refractivity contribution is 6.03. The van der Waals surface area contributed by atoms with Gasteiger partial charge in [0.05, 0.1) is 19.6 Å². The number of ketones is 1. The van der Waals surface area contributed by atoms with Gasteiger partial charge in [0.2, 0.25) is 5.78 Å². The Morgan fingerprint density at radius 1 is 1.46 bits per heavy atom. The average Bonchev–Trinajstić information content (AvgIpc) is 1.99. The molecule has 0 aliphatic rings.